The van der Waals surface area contributed by atoms with Gasteiger partial charge in [-0.05, 0) is 59.8 Å². The van der Waals surface area contributed by atoms with E-state index in [4.69, 9.17) is 11.6 Å². The maximum atomic E-state index is 13.1. The van der Waals surface area contributed by atoms with Crippen molar-refractivity contribution in [1.82, 2.24) is 4.90 Å². The molecule has 0 aromatic heterocycles. The predicted octanol–water partition coefficient (Wildman–Crippen LogP) is 4.21. The molecule has 0 spiro atoms. The van der Waals surface area contributed by atoms with Crippen molar-refractivity contribution >= 4 is 33.4 Å². The summed E-state index contributed by atoms with van der Waals surface area (Å²) in [5, 5.41) is 0. The van der Waals surface area contributed by atoms with Crippen LogP contribution >= 0.6 is 27.5 Å². The average molecular weight is 349 g/mol. The van der Waals surface area contributed by atoms with Gasteiger partial charge in [0.15, 0.2) is 0 Å². The summed E-state index contributed by atoms with van der Waals surface area (Å²) in [6, 6.07) is 4.39. The van der Waals surface area contributed by atoms with E-state index in [9.17, 15) is 9.18 Å². The zero-order chi connectivity index (χ0) is 13.8. The highest BCUT2D eigenvalue weighted by Crippen LogP contribution is 2.25. The first-order valence-corrected chi connectivity index (χ1v) is 7.78. The first-order valence-electron chi connectivity index (χ1n) is 6.45. The third-order valence-corrected chi connectivity index (χ3v) is 4.37. The molecule has 2 nitrogen and oxygen atoms in total. The minimum atomic E-state index is -0.348. The second-order valence-electron chi connectivity index (χ2n) is 4.75. The van der Waals surface area contributed by atoms with Crippen LogP contribution in [0.3, 0.4) is 0 Å². The number of hydrogen-bond acceptors (Lipinski definition) is 1. The lowest BCUT2D eigenvalue weighted by atomic mass is 9.99. The quantitative estimate of drug-likeness (QED) is 0.749. The Labute approximate surface area is 126 Å². The molecule has 1 saturated heterocycles. The number of nitrogens with zero attached hydrogens (tertiary/aromatic N) is 1. The van der Waals surface area contributed by atoms with Crippen molar-refractivity contribution in [2.24, 2.45) is 0 Å². The number of rotatable bonds is 3. The Balaban J connectivity index is 2.21. The van der Waals surface area contributed by atoms with Gasteiger partial charge in [0.2, 0.25) is 0 Å². The van der Waals surface area contributed by atoms with Gasteiger partial charge in [-0.25, -0.2) is 4.39 Å². The fraction of sp³-hybridized carbons (Fsp3) is 0.500. The average Bonchev–Trinajstić information content (AvgIpc) is 2.39. The second kappa shape index (κ2) is 6.71. The van der Waals surface area contributed by atoms with E-state index in [-0.39, 0.29) is 17.8 Å². The van der Waals surface area contributed by atoms with Gasteiger partial charge in [-0.1, -0.05) is 0 Å². The van der Waals surface area contributed by atoms with Crippen LogP contribution in [0.2, 0.25) is 0 Å². The van der Waals surface area contributed by atoms with E-state index in [2.05, 4.69) is 15.9 Å². The van der Waals surface area contributed by atoms with Gasteiger partial charge in [0.1, 0.15) is 5.82 Å². The van der Waals surface area contributed by atoms with E-state index in [1.165, 1.54) is 18.2 Å². The number of halogens is 3. The Hall–Kier alpha value is -0.610. The van der Waals surface area contributed by atoms with Crippen LogP contribution in [-0.4, -0.2) is 29.3 Å². The minimum Gasteiger partial charge on any atom is -0.336 e. The van der Waals surface area contributed by atoms with Crippen molar-refractivity contribution in [3.63, 3.8) is 0 Å². The largest absolute Gasteiger partial charge is 0.336 e. The molecule has 19 heavy (non-hydrogen) atoms. The fourth-order valence-electron chi connectivity index (χ4n) is 2.51. The molecule has 1 unspecified atom stereocenters. The summed E-state index contributed by atoms with van der Waals surface area (Å²) >= 11 is 9.07. The van der Waals surface area contributed by atoms with E-state index in [1.807, 2.05) is 4.90 Å². The number of piperidine rings is 1. The van der Waals surface area contributed by atoms with Crippen molar-refractivity contribution in [2.45, 2.75) is 31.7 Å². The third-order valence-electron chi connectivity index (χ3n) is 3.49. The molecule has 5 heteroatoms. The van der Waals surface area contributed by atoms with Crippen LogP contribution in [0.1, 0.15) is 36.0 Å². The van der Waals surface area contributed by atoms with Crippen LogP contribution in [0.15, 0.2) is 22.7 Å². The highest BCUT2D eigenvalue weighted by atomic mass is 79.9. The van der Waals surface area contributed by atoms with Crippen LogP contribution < -0.4 is 0 Å². The topological polar surface area (TPSA) is 20.3 Å². The number of amides is 1. The molecule has 1 aliphatic heterocycles. The van der Waals surface area contributed by atoms with Crippen molar-refractivity contribution in [1.29, 1.82) is 0 Å². The van der Waals surface area contributed by atoms with Gasteiger partial charge in [-0.3, -0.25) is 4.79 Å². The predicted molar refractivity (Wildman–Crippen MR) is 78.1 cm³/mol. The molecule has 0 aliphatic carbocycles. The monoisotopic (exact) mass is 347 g/mol. The van der Waals surface area contributed by atoms with E-state index >= 15 is 0 Å². The van der Waals surface area contributed by atoms with E-state index in [0.29, 0.717) is 15.9 Å². The van der Waals surface area contributed by atoms with Crippen molar-refractivity contribution < 1.29 is 9.18 Å². The molecule has 0 bridgehead atoms. The molecule has 1 atom stereocenters. The molecular weight excluding hydrogens is 333 g/mol. The van der Waals surface area contributed by atoms with Crippen molar-refractivity contribution in [3.8, 4) is 0 Å². The Morgan fingerprint density at radius 1 is 1.47 bits per heavy atom. The van der Waals surface area contributed by atoms with Gasteiger partial charge in [0.05, 0.1) is 5.56 Å². The summed E-state index contributed by atoms with van der Waals surface area (Å²) in [4.78, 5) is 14.4. The van der Waals surface area contributed by atoms with E-state index in [0.717, 1.165) is 32.2 Å². The fourth-order valence-corrected chi connectivity index (χ4v) is 3.28. The van der Waals surface area contributed by atoms with Gasteiger partial charge in [0, 0.05) is 22.9 Å². The van der Waals surface area contributed by atoms with Gasteiger partial charge in [0.25, 0.3) is 5.91 Å². The Bertz CT molecular complexity index is 467. The second-order valence-corrected chi connectivity index (χ2v) is 5.98. The van der Waals surface area contributed by atoms with E-state index < -0.39 is 0 Å². The smallest absolute Gasteiger partial charge is 0.255 e. The van der Waals surface area contributed by atoms with Crippen LogP contribution in [0.4, 0.5) is 4.39 Å². The molecule has 0 radical (unpaired) electrons. The van der Waals surface area contributed by atoms with Crippen LogP contribution in [0.5, 0.6) is 0 Å². The van der Waals surface area contributed by atoms with Gasteiger partial charge >= 0.3 is 0 Å². The molecule has 1 amide bonds. The number of hydrogen-bond donors (Lipinski definition) is 0. The Kier molecular flexibility index (Phi) is 5.22. The summed E-state index contributed by atoms with van der Waals surface area (Å²) in [5.74, 6) is 0.167. The zero-order valence-corrected chi connectivity index (χ0v) is 12.9. The van der Waals surface area contributed by atoms with E-state index in [1.54, 1.807) is 0 Å². The molecule has 1 aliphatic rings. The van der Waals surface area contributed by atoms with Crippen LogP contribution in [0, 0.1) is 5.82 Å². The summed E-state index contributed by atoms with van der Waals surface area (Å²) < 4.78 is 13.6. The molecule has 0 N–H and O–H groups in total. The third kappa shape index (κ3) is 3.48. The standard InChI is InChI=1S/C14H16BrClFNO/c15-13-9-10(17)4-5-12(13)14(19)18-8-2-1-3-11(18)6-7-16/h4-5,9,11H,1-3,6-8H2. The lowest BCUT2D eigenvalue weighted by Gasteiger charge is -2.35. The molecule has 2 rings (SSSR count). The number of alkyl halides is 1. The molecule has 0 saturated carbocycles. The number of likely N-dealkylation sites (tertiary alicyclic amines) is 1. The molecule has 1 aromatic carbocycles. The number of benzene rings is 1. The van der Waals surface area contributed by atoms with Crippen LogP contribution in [0.25, 0.3) is 0 Å². The van der Waals surface area contributed by atoms with Crippen LogP contribution in [-0.2, 0) is 0 Å². The van der Waals surface area contributed by atoms with Crippen molar-refractivity contribution in [2.75, 3.05) is 12.4 Å². The van der Waals surface area contributed by atoms with Crippen molar-refractivity contribution in [3.05, 3.63) is 34.1 Å². The maximum absolute atomic E-state index is 13.1. The molecule has 1 aromatic rings. The number of carbonyl (C=O) groups excluding carboxylic acids is 1. The first-order chi connectivity index (χ1) is 9.13. The molecular formula is C14H16BrClFNO. The summed E-state index contributed by atoms with van der Waals surface area (Å²) in [5.41, 5.74) is 0.517. The maximum Gasteiger partial charge on any atom is 0.255 e. The Morgan fingerprint density at radius 2 is 2.26 bits per heavy atom. The van der Waals surface area contributed by atoms with Gasteiger partial charge in [-0.2, -0.15) is 0 Å². The highest BCUT2D eigenvalue weighted by molar-refractivity contribution is 9.10. The lowest BCUT2D eigenvalue weighted by Crippen LogP contribution is -2.44. The summed E-state index contributed by atoms with van der Waals surface area (Å²) in [6.45, 7) is 0.754. The minimum absolute atomic E-state index is 0.0401. The van der Waals surface area contributed by atoms with Gasteiger partial charge in [-0.15, -0.1) is 11.6 Å². The number of carbonyl (C=O) groups is 1. The molecule has 104 valence electrons. The summed E-state index contributed by atoms with van der Waals surface area (Å²) in [6.07, 6.45) is 3.96. The lowest BCUT2D eigenvalue weighted by molar-refractivity contribution is 0.0608. The Morgan fingerprint density at radius 3 is 2.95 bits per heavy atom. The zero-order valence-electron chi connectivity index (χ0n) is 10.5. The summed E-state index contributed by atoms with van der Waals surface area (Å²) in [7, 11) is 0. The first kappa shape index (κ1) is 14.8. The SMILES string of the molecule is O=C(c1ccc(F)cc1Br)N1CCCCC1CCCl. The normalized spacial score (nSPS) is 19.5. The highest BCUT2D eigenvalue weighted by Gasteiger charge is 2.27. The molecule has 1 fully saturated rings. The molecule has 1 heterocycles. The van der Waals surface area contributed by atoms with Gasteiger partial charge < -0.3 is 4.90 Å².